The van der Waals surface area contributed by atoms with Gasteiger partial charge in [-0.3, -0.25) is 0 Å². The van der Waals surface area contributed by atoms with Crippen LogP contribution in [0.1, 0.15) is 50.7 Å². The smallest absolute Gasteiger partial charge is 0.200 e. The summed E-state index contributed by atoms with van der Waals surface area (Å²) in [6, 6.07) is 1.75. The third kappa shape index (κ3) is 2.01. The van der Waals surface area contributed by atoms with Crippen LogP contribution in [-0.2, 0) is 0 Å². The van der Waals surface area contributed by atoms with Crippen LogP contribution in [0, 0.1) is 0 Å². The highest BCUT2D eigenvalue weighted by Gasteiger charge is 2.19. The van der Waals surface area contributed by atoms with Crippen molar-refractivity contribution in [2.24, 2.45) is 0 Å². The minimum absolute atomic E-state index is 0.106. The normalized spacial score (nSPS) is 11.3. The molecule has 0 atom stereocenters. The molecule has 3 heteroatoms. The third-order valence-corrected chi connectivity index (χ3v) is 2.55. The van der Waals surface area contributed by atoms with Gasteiger partial charge in [-0.2, -0.15) is 0 Å². The lowest BCUT2D eigenvalue weighted by Gasteiger charge is -2.16. The second-order valence-corrected chi connectivity index (χ2v) is 4.41. The van der Waals surface area contributed by atoms with Gasteiger partial charge in [-0.05, 0) is 17.9 Å². The van der Waals surface area contributed by atoms with Crippen LogP contribution in [-0.4, -0.2) is 15.3 Å². The molecule has 0 fully saturated rings. The molecule has 0 radical (unpaired) electrons. The Morgan fingerprint density at radius 3 is 1.33 bits per heavy atom. The van der Waals surface area contributed by atoms with E-state index in [1.807, 2.05) is 27.7 Å². The van der Waals surface area contributed by atoms with Crippen LogP contribution in [0.15, 0.2) is 6.07 Å². The number of aromatic hydroxyl groups is 3. The van der Waals surface area contributed by atoms with Gasteiger partial charge in [-0.1, -0.05) is 27.7 Å². The number of benzene rings is 1. The first-order valence-corrected chi connectivity index (χ1v) is 5.13. The summed E-state index contributed by atoms with van der Waals surface area (Å²) in [7, 11) is 0. The second kappa shape index (κ2) is 4.01. The van der Waals surface area contributed by atoms with Gasteiger partial charge in [0, 0.05) is 11.1 Å². The maximum Gasteiger partial charge on any atom is 0.200 e. The fourth-order valence-corrected chi connectivity index (χ4v) is 1.57. The molecule has 1 aromatic rings. The van der Waals surface area contributed by atoms with E-state index in [2.05, 4.69) is 0 Å². The number of rotatable bonds is 2. The highest BCUT2D eigenvalue weighted by Crippen LogP contribution is 2.44. The Hall–Kier alpha value is -1.38. The zero-order valence-corrected chi connectivity index (χ0v) is 9.57. The molecular formula is C12H18O3. The van der Waals surface area contributed by atoms with Gasteiger partial charge in [0.05, 0.1) is 0 Å². The largest absolute Gasteiger partial charge is 0.504 e. The Balaban J connectivity index is 3.45. The number of hydrogen-bond acceptors (Lipinski definition) is 3. The zero-order chi connectivity index (χ0) is 11.7. The summed E-state index contributed by atoms with van der Waals surface area (Å²) < 4.78 is 0. The van der Waals surface area contributed by atoms with Crippen molar-refractivity contribution in [2.75, 3.05) is 0 Å². The Bertz CT molecular complexity index is 335. The quantitative estimate of drug-likeness (QED) is 0.657. The molecule has 0 aromatic heterocycles. The molecule has 1 aromatic carbocycles. The van der Waals surface area contributed by atoms with Crippen LogP contribution in [0.25, 0.3) is 0 Å². The summed E-state index contributed by atoms with van der Waals surface area (Å²) >= 11 is 0. The van der Waals surface area contributed by atoms with Crippen molar-refractivity contribution in [3.63, 3.8) is 0 Å². The monoisotopic (exact) mass is 210 g/mol. The first-order chi connectivity index (χ1) is 6.86. The lowest BCUT2D eigenvalue weighted by molar-refractivity contribution is 0.360. The summed E-state index contributed by atoms with van der Waals surface area (Å²) in [5, 5.41) is 28.9. The molecule has 0 aliphatic heterocycles. The molecule has 3 nitrogen and oxygen atoms in total. The molecule has 15 heavy (non-hydrogen) atoms. The molecule has 0 unspecified atom stereocenters. The van der Waals surface area contributed by atoms with Gasteiger partial charge in [0.25, 0.3) is 0 Å². The Kier molecular flexibility index (Phi) is 3.12. The highest BCUT2D eigenvalue weighted by molar-refractivity contribution is 5.59. The molecule has 0 saturated heterocycles. The number of phenols is 3. The third-order valence-electron chi connectivity index (χ3n) is 2.55. The van der Waals surface area contributed by atoms with Gasteiger partial charge in [0.2, 0.25) is 5.75 Å². The molecule has 0 bridgehead atoms. The minimum Gasteiger partial charge on any atom is -0.504 e. The number of phenolic OH excluding ortho intramolecular Hbond substituents is 3. The average molecular weight is 210 g/mol. The summed E-state index contributed by atoms with van der Waals surface area (Å²) in [4.78, 5) is 0. The van der Waals surface area contributed by atoms with E-state index in [1.165, 1.54) is 0 Å². The van der Waals surface area contributed by atoms with Gasteiger partial charge in [-0.25, -0.2) is 0 Å². The second-order valence-electron chi connectivity index (χ2n) is 4.41. The minimum atomic E-state index is -0.412. The molecule has 0 aliphatic rings. The zero-order valence-electron chi connectivity index (χ0n) is 9.57. The van der Waals surface area contributed by atoms with E-state index < -0.39 is 5.75 Å². The fourth-order valence-electron chi connectivity index (χ4n) is 1.57. The Morgan fingerprint density at radius 2 is 1.07 bits per heavy atom. The molecule has 1 rings (SSSR count). The standard InChI is InChI=1S/C12H18O3/c1-6(2)8-5-9(7(3)4)11(14)12(15)10(8)13/h5-7,13-15H,1-4H3. The lowest BCUT2D eigenvalue weighted by atomic mass is 9.93. The Morgan fingerprint density at radius 1 is 0.733 bits per heavy atom. The van der Waals surface area contributed by atoms with Crippen molar-refractivity contribution in [1.29, 1.82) is 0 Å². The summed E-state index contributed by atoms with van der Waals surface area (Å²) in [6.45, 7) is 7.70. The van der Waals surface area contributed by atoms with Gasteiger partial charge >= 0.3 is 0 Å². The van der Waals surface area contributed by atoms with E-state index in [4.69, 9.17) is 0 Å². The highest BCUT2D eigenvalue weighted by atomic mass is 16.3. The van der Waals surface area contributed by atoms with Crippen molar-refractivity contribution in [2.45, 2.75) is 39.5 Å². The van der Waals surface area contributed by atoms with E-state index in [0.29, 0.717) is 11.1 Å². The van der Waals surface area contributed by atoms with Crippen LogP contribution in [0.4, 0.5) is 0 Å². The van der Waals surface area contributed by atoms with Crippen molar-refractivity contribution < 1.29 is 15.3 Å². The lowest BCUT2D eigenvalue weighted by Crippen LogP contribution is -1.95. The first-order valence-electron chi connectivity index (χ1n) is 5.13. The predicted octanol–water partition coefficient (Wildman–Crippen LogP) is 3.05. The van der Waals surface area contributed by atoms with E-state index in [1.54, 1.807) is 6.07 Å². The van der Waals surface area contributed by atoms with Crippen LogP contribution in [0.3, 0.4) is 0 Å². The molecule has 0 spiro atoms. The van der Waals surface area contributed by atoms with Crippen LogP contribution in [0.5, 0.6) is 17.2 Å². The summed E-state index contributed by atoms with van der Waals surface area (Å²) in [5.41, 5.74) is 1.32. The van der Waals surface area contributed by atoms with E-state index in [9.17, 15) is 15.3 Å². The van der Waals surface area contributed by atoms with Crippen LogP contribution in [0.2, 0.25) is 0 Å². The molecule has 3 N–H and O–H groups in total. The van der Waals surface area contributed by atoms with Gasteiger partial charge in [0.15, 0.2) is 11.5 Å². The fraction of sp³-hybridized carbons (Fsp3) is 0.500. The van der Waals surface area contributed by atoms with Gasteiger partial charge in [0.1, 0.15) is 0 Å². The van der Waals surface area contributed by atoms with Crippen molar-refractivity contribution in [3.05, 3.63) is 17.2 Å². The first kappa shape index (κ1) is 11.7. The van der Waals surface area contributed by atoms with Crippen LogP contribution >= 0.6 is 0 Å². The van der Waals surface area contributed by atoms with E-state index in [0.717, 1.165) is 0 Å². The molecular weight excluding hydrogens is 192 g/mol. The predicted molar refractivity (Wildman–Crippen MR) is 59.6 cm³/mol. The molecule has 0 aliphatic carbocycles. The summed E-state index contributed by atoms with van der Waals surface area (Å²) in [5.74, 6) is -0.633. The van der Waals surface area contributed by atoms with Crippen molar-refractivity contribution in [3.8, 4) is 17.2 Å². The molecule has 0 amide bonds. The van der Waals surface area contributed by atoms with E-state index in [-0.39, 0.29) is 23.3 Å². The Labute approximate surface area is 90.0 Å². The maximum atomic E-state index is 9.65. The summed E-state index contributed by atoms with van der Waals surface area (Å²) in [6.07, 6.45) is 0. The average Bonchev–Trinajstić information content (AvgIpc) is 2.13. The van der Waals surface area contributed by atoms with Gasteiger partial charge < -0.3 is 15.3 Å². The number of hydrogen-bond donors (Lipinski definition) is 3. The maximum absolute atomic E-state index is 9.65. The van der Waals surface area contributed by atoms with E-state index >= 15 is 0 Å². The molecule has 0 saturated carbocycles. The van der Waals surface area contributed by atoms with Crippen molar-refractivity contribution >= 4 is 0 Å². The SMILES string of the molecule is CC(C)c1cc(C(C)C)c(O)c(O)c1O. The topological polar surface area (TPSA) is 60.7 Å². The van der Waals surface area contributed by atoms with Gasteiger partial charge in [-0.15, -0.1) is 0 Å². The molecule has 84 valence electrons. The molecule has 0 heterocycles. The van der Waals surface area contributed by atoms with Crippen molar-refractivity contribution in [1.82, 2.24) is 0 Å². The van der Waals surface area contributed by atoms with Crippen LogP contribution < -0.4 is 0 Å².